The standard InChI is InChI=1S/C16H12Cl2N2OS/c1-9-10(2)22-16(13(9)8-19)20-15(21)6-4-11-3-5-12(17)7-14(11)18/h3-7H,1-2H3,(H,20,21). The maximum Gasteiger partial charge on any atom is 0.249 e. The van der Waals surface area contributed by atoms with Gasteiger partial charge >= 0.3 is 0 Å². The maximum atomic E-state index is 12.0. The zero-order valence-corrected chi connectivity index (χ0v) is 14.2. The van der Waals surface area contributed by atoms with Crippen molar-refractivity contribution in [1.29, 1.82) is 5.26 Å². The van der Waals surface area contributed by atoms with Crippen molar-refractivity contribution in [3.63, 3.8) is 0 Å². The molecule has 112 valence electrons. The Bertz CT molecular complexity index is 803. The van der Waals surface area contributed by atoms with Crippen LogP contribution in [0.3, 0.4) is 0 Å². The highest BCUT2D eigenvalue weighted by atomic mass is 35.5. The molecular weight excluding hydrogens is 339 g/mol. The summed E-state index contributed by atoms with van der Waals surface area (Å²) in [5.74, 6) is -0.316. The highest BCUT2D eigenvalue weighted by molar-refractivity contribution is 7.16. The Balaban J connectivity index is 2.15. The fraction of sp³-hybridized carbons (Fsp3) is 0.125. The molecule has 1 heterocycles. The monoisotopic (exact) mass is 350 g/mol. The number of nitrogens with one attached hydrogen (secondary N) is 1. The smallest absolute Gasteiger partial charge is 0.249 e. The van der Waals surface area contributed by atoms with Crippen molar-refractivity contribution in [2.45, 2.75) is 13.8 Å². The quantitative estimate of drug-likeness (QED) is 0.773. The van der Waals surface area contributed by atoms with Gasteiger partial charge in [-0.05, 0) is 43.2 Å². The number of benzene rings is 1. The number of amides is 1. The number of aryl methyl sites for hydroxylation is 1. The lowest BCUT2D eigenvalue weighted by molar-refractivity contribution is -0.111. The number of hydrogen-bond donors (Lipinski definition) is 1. The van der Waals surface area contributed by atoms with Crippen LogP contribution in [0.25, 0.3) is 6.08 Å². The van der Waals surface area contributed by atoms with Gasteiger partial charge in [0.25, 0.3) is 0 Å². The summed E-state index contributed by atoms with van der Waals surface area (Å²) < 4.78 is 0. The van der Waals surface area contributed by atoms with E-state index >= 15 is 0 Å². The van der Waals surface area contributed by atoms with Crippen LogP contribution in [0.2, 0.25) is 10.0 Å². The average Bonchev–Trinajstić information content (AvgIpc) is 2.72. The van der Waals surface area contributed by atoms with Gasteiger partial charge in [0.2, 0.25) is 5.91 Å². The first-order valence-electron chi connectivity index (χ1n) is 6.36. The van der Waals surface area contributed by atoms with Crippen molar-refractivity contribution in [2.75, 3.05) is 5.32 Å². The minimum atomic E-state index is -0.316. The minimum Gasteiger partial charge on any atom is -0.313 e. The summed E-state index contributed by atoms with van der Waals surface area (Å²) in [5.41, 5.74) is 2.10. The molecule has 1 aromatic heterocycles. The van der Waals surface area contributed by atoms with E-state index in [2.05, 4.69) is 11.4 Å². The van der Waals surface area contributed by atoms with Crippen molar-refractivity contribution in [3.05, 3.63) is 55.9 Å². The second kappa shape index (κ2) is 6.97. The molecule has 2 rings (SSSR count). The highest BCUT2D eigenvalue weighted by Crippen LogP contribution is 2.31. The van der Waals surface area contributed by atoms with E-state index in [1.54, 1.807) is 24.3 Å². The Morgan fingerprint density at radius 3 is 2.73 bits per heavy atom. The number of nitrogens with zero attached hydrogens (tertiary/aromatic N) is 1. The van der Waals surface area contributed by atoms with Crippen LogP contribution in [0.15, 0.2) is 24.3 Å². The summed E-state index contributed by atoms with van der Waals surface area (Å²) in [6.07, 6.45) is 2.98. The van der Waals surface area contributed by atoms with Gasteiger partial charge in [-0.3, -0.25) is 4.79 Å². The predicted molar refractivity (Wildman–Crippen MR) is 92.6 cm³/mol. The number of nitriles is 1. The Labute approximate surface area is 142 Å². The predicted octanol–water partition coefficient (Wildman–Crippen LogP) is 5.20. The molecule has 0 aliphatic carbocycles. The Hall–Kier alpha value is -1.80. The first-order chi connectivity index (χ1) is 10.4. The molecule has 0 aliphatic rings. The zero-order chi connectivity index (χ0) is 16.3. The number of halogens is 2. The van der Waals surface area contributed by atoms with Crippen LogP contribution in [0, 0.1) is 25.2 Å². The second-order valence-corrected chi connectivity index (χ2v) is 6.66. The molecule has 22 heavy (non-hydrogen) atoms. The van der Waals surface area contributed by atoms with Gasteiger partial charge in [-0.15, -0.1) is 11.3 Å². The number of carbonyl (C=O) groups is 1. The lowest BCUT2D eigenvalue weighted by atomic mass is 10.2. The number of rotatable bonds is 3. The Morgan fingerprint density at radius 1 is 1.36 bits per heavy atom. The molecule has 1 N–H and O–H groups in total. The van der Waals surface area contributed by atoms with E-state index in [1.807, 2.05) is 13.8 Å². The van der Waals surface area contributed by atoms with Crippen molar-refractivity contribution in [3.8, 4) is 6.07 Å². The second-order valence-electron chi connectivity index (χ2n) is 4.59. The van der Waals surface area contributed by atoms with Crippen LogP contribution in [0.4, 0.5) is 5.00 Å². The number of carbonyl (C=O) groups excluding carboxylic acids is 1. The molecule has 0 saturated carbocycles. The molecule has 3 nitrogen and oxygen atoms in total. The molecule has 0 unspecified atom stereocenters. The van der Waals surface area contributed by atoms with E-state index in [1.165, 1.54) is 17.4 Å². The fourth-order valence-electron chi connectivity index (χ4n) is 1.81. The minimum absolute atomic E-state index is 0.316. The van der Waals surface area contributed by atoms with Crippen molar-refractivity contribution in [1.82, 2.24) is 0 Å². The van der Waals surface area contributed by atoms with Crippen LogP contribution in [-0.4, -0.2) is 5.91 Å². The van der Waals surface area contributed by atoms with Crippen LogP contribution in [0.1, 0.15) is 21.6 Å². The Kier molecular flexibility index (Phi) is 5.25. The van der Waals surface area contributed by atoms with E-state index < -0.39 is 0 Å². The van der Waals surface area contributed by atoms with Crippen molar-refractivity contribution in [2.24, 2.45) is 0 Å². The first kappa shape index (κ1) is 16.6. The van der Waals surface area contributed by atoms with Crippen LogP contribution in [0.5, 0.6) is 0 Å². The largest absolute Gasteiger partial charge is 0.313 e. The van der Waals surface area contributed by atoms with E-state index in [0.29, 0.717) is 26.2 Å². The summed E-state index contributed by atoms with van der Waals surface area (Å²) in [7, 11) is 0. The Morgan fingerprint density at radius 2 is 2.09 bits per heavy atom. The third kappa shape index (κ3) is 3.69. The van der Waals surface area contributed by atoms with Gasteiger partial charge in [-0.1, -0.05) is 29.3 Å². The van der Waals surface area contributed by atoms with Gasteiger partial charge < -0.3 is 5.32 Å². The van der Waals surface area contributed by atoms with Crippen LogP contribution < -0.4 is 5.32 Å². The molecule has 0 spiro atoms. The van der Waals surface area contributed by atoms with Crippen molar-refractivity contribution >= 4 is 51.5 Å². The molecule has 0 aliphatic heterocycles. The van der Waals surface area contributed by atoms with Gasteiger partial charge in [0.1, 0.15) is 11.1 Å². The van der Waals surface area contributed by atoms with Crippen molar-refractivity contribution < 1.29 is 4.79 Å². The van der Waals surface area contributed by atoms with E-state index in [0.717, 1.165) is 10.4 Å². The topological polar surface area (TPSA) is 52.9 Å². The summed E-state index contributed by atoms with van der Waals surface area (Å²) in [6, 6.07) is 7.16. The third-order valence-electron chi connectivity index (χ3n) is 3.11. The molecule has 1 aromatic carbocycles. The average molecular weight is 351 g/mol. The highest BCUT2D eigenvalue weighted by Gasteiger charge is 2.13. The lowest BCUT2D eigenvalue weighted by Crippen LogP contribution is -2.07. The van der Waals surface area contributed by atoms with Gasteiger partial charge in [-0.2, -0.15) is 5.26 Å². The normalized spacial score (nSPS) is 10.7. The first-order valence-corrected chi connectivity index (χ1v) is 7.94. The molecule has 0 fully saturated rings. The van der Waals surface area contributed by atoms with Gasteiger partial charge in [0, 0.05) is 21.0 Å². The van der Waals surface area contributed by atoms with Crippen LogP contribution in [-0.2, 0) is 4.79 Å². The summed E-state index contributed by atoms with van der Waals surface area (Å²) in [6.45, 7) is 3.78. The molecule has 6 heteroatoms. The molecule has 0 bridgehead atoms. The summed E-state index contributed by atoms with van der Waals surface area (Å²) in [4.78, 5) is 13.0. The van der Waals surface area contributed by atoms with E-state index in [9.17, 15) is 4.79 Å². The number of thiophene rings is 1. The number of hydrogen-bond acceptors (Lipinski definition) is 3. The molecule has 0 saturated heterocycles. The van der Waals surface area contributed by atoms with E-state index in [-0.39, 0.29) is 5.91 Å². The van der Waals surface area contributed by atoms with Gasteiger partial charge in [-0.25, -0.2) is 0 Å². The maximum absolute atomic E-state index is 12.0. The van der Waals surface area contributed by atoms with E-state index in [4.69, 9.17) is 28.5 Å². The molecule has 0 radical (unpaired) electrons. The molecule has 1 amide bonds. The molecule has 2 aromatic rings. The third-order valence-corrected chi connectivity index (χ3v) is 4.80. The summed E-state index contributed by atoms with van der Waals surface area (Å²) >= 11 is 13.2. The molecule has 0 atom stereocenters. The SMILES string of the molecule is Cc1sc(NC(=O)C=Cc2ccc(Cl)cc2Cl)c(C#N)c1C. The number of anilines is 1. The van der Waals surface area contributed by atoms with Gasteiger partial charge in [0.15, 0.2) is 0 Å². The lowest BCUT2D eigenvalue weighted by Gasteiger charge is -2.00. The zero-order valence-electron chi connectivity index (χ0n) is 11.9. The van der Waals surface area contributed by atoms with Crippen LogP contribution >= 0.6 is 34.5 Å². The molecular formula is C16H12Cl2N2OS. The fourth-order valence-corrected chi connectivity index (χ4v) is 3.29. The van der Waals surface area contributed by atoms with Gasteiger partial charge in [0.05, 0.1) is 5.56 Å². The summed E-state index contributed by atoms with van der Waals surface area (Å²) in [5, 5.41) is 13.4.